The molecule has 0 aliphatic heterocycles. The standard InChI is InChI=1S/C15H19N3O4S/c1-10-5-4-6-12(9-10)14-17-15(22-18-14)11(2)16-13(19)7-8-23(3,20)21/h4-6,9,11H,7-8H2,1-3H3,(H,16,19). The van der Waals surface area contributed by atoms with Crippen molar-refractivity contribution in [1.29, 1.82) is 0 Å². The van der Waals surface area contributed by atoms with Gasteiger partial charge in [-0.25, -0.2) is 8.42 Å². The fraction of sp³-hybridized carbons (Fsp3) is 0.400. The van der Waals surface area contributed by atoms with Crippen molar-refractivity contribution in [3.8, 4) is 11.4 Å². The van der Waals surface area contributed by atoms with Crippen LogP contribution < -0.4 is 5.32 Å². The second-order valence-corrected chi connectivity index (χ2v) is 7.75. The summed E-state index contributed by atoms with van der Waals surface area (Å²) in [5.74, 6) is 0.151. The van der Waals surface area contributed by atoms with Crippen LogP contribution in [0.2, 0.25) is 0 Å². The lowest BCUT2D eigenvalue weighted by atomic mass is 10.1. The van der Waals surface area contributed by atoms with Crippen LogP contribution in [0.5, 0.6) is 0 Å². The van der Waals surface area contributed by atoms with Gasteiger partial charge in [0, 0.05) is 18.2 Å². The van der Waals surface area contributed by atoms with Gasteiger partial charge in [-0.2, -0.15) is 4.98 Å². The molecule has 1 aromatic carbocycles. The third-order valence-electron chi connectivity index (χ3n) is 3.17. The van der Waals surface area contributed by atoms with Crippen molar-refractivity contribution < 1.29 is 17.7 Å². The summed E-state index contributed by atoms with van der Waals surface area (Å²) in [4.78, 5) is 16.0. The predicted molar refractivity (Wildman–Crippen MR) is 85.4 cm³/mol. The second-order valence-electron chi connectivity index (χ2n) is 5.49. The van der Waals surface area contributed by atoms with Crippen molar-refractivity contribution in [3.05, 3.63) is 35.7 Å². The van der Waals surface area contributed by atoms with Gasteiger partial charge >= 0.3 is 0 Å². The van der Waals surface area contributed by atoms with Crippen LogP contribution in [0.4, 0.5) is 0 Å². The molecule has 1 aromatic heterocycles. The Bertz CT molecular complexity index is 799. The van der Waals surface area contributed by atoms with Gasteiger partial charge in [-0.15, -0.1) is 0 Å². The number of sulfone groups is 1. The molecule has 0 saturated heterocycles. The first kappa shape index (κ1) is 17.1. The Balaban J connectivity index is 2.01. The van der Waals surface area contributed by atoms with E-state index in [1.807, 2.05) is 31.2 Å². The Morgan fingerprint density at radius 1 is 1.39 bits per heavy atom. The number of rotatable bonds is 6. The number of nitrogens with one attached hydrogen (secondary N) is 1. The van der Waals surface area contributed by atoms with Crippen LogP contribution in [0.1, 0.15) is 30.8 Å². The van der Waals surface area contributed by atoms with Gasteiger partial charge in [-0.1, -0.05) is 28.9 Å². The van der Waals surface area contributed by atoms with Gasteiger partial charge in [-0.3, -0.25) is 4.79 Å². The van der Waals surface area contributed by atoms with Gasteiger partial charge in [0.1, 0.15) is 15.9 Å². The normalized spacial score (nSPS) is 12.8. The quantitative estimate of drug-likeness (QED) is 0.860. The molecule has 124 valence electrons. The molecule has 2 aromatic rings. The zero-order chi connectivity index (χ0) is 17.0. The smallest absolute Gasteiger partial charge is 0.249 e. The Morgan fingerprint density at radius 3 is 2.78 bits per heavy atom. The minimum Gasteiger partial charge on any atom is -0.345 e. The molecule has 1 N–H and O–H groups in total. The number of carbonyl (C=O) groups is 1. The molecule has 0 spiro atoms. The average molecular weight is 337 g/mol. The predicted octanol–water partition coefficient (Wildman–Crippen LogP) is 1.66. The molecule has 0 fully saturated rings. The number of benzene rings is 1. The second kappa shape index (κ2) is 6.91. The van der Waals surface area contributed by atoms with Crippen molar-refractivity contribution >= 4 is 15.7 Å². The summed E-state index contributed by atoms with van der Waals surface area (Å²) >= 11 is 0. The van der Waals surface area contributed by atoms with Crippen molar-refractivity contribution in [2.24, 2.45) is 0 Å². The molecule has 0 bridgehead atoms. The maximum Gasteiger partial charge on any atom is 0.249 e. The fourth-order valence-electron chi connectivity index (χ4n) is 1.97. The summed E-state index contributed by atoms with van der Waals surface area (Å²) in [5.41, 5.74) is 1.91. The van der Waals surface area contributed by atoms with E-state index in [9.17, 15) is 13.2 Å². The number of hydrogen-bond acceptors (Lipinski definition) is 6. The van der Waals surface area contributed by atoms with Gasteiger partial charge in [-0.05, 0) is 19.9 Å². The van der Waals surface area contributed by atoms with E-state index < -0.39 is 15.9 Å². The van der Waals surface area contributed by atoms with E-state index in [1.54, 1.807) is 6.92 Å². The van der Waals surface area contributed by atoms with Crippen LogP contribution in [0.15, 0.2) is 28.8 Å². The first-order valence-corrected chi connectivity index (χ1v) is 9.18. The lowest BCUT2D eigenvalue weighted by Gasteiger charge is -2.09. The fourth-order valence-corrected chi connectivity index (χ4v) is 2.52. The van der Waals surface area contributed by atoms with E-state index in [-0.39, 0.29) is 24.0 Å². The maximum atomic E-state index is 11.7. The lowest BCUT2D eigenvalue weighted by molar-refractivity contribution is -0.121. The SMILES string of the molecule is Cc1cccc(-c2noc(C(C)NC(=O)CCS(C)(=O)=O)n2)c1. The van der Waals surface area contributed by atoms with Crippen LogP contribution in [0, 0.1) is 6.92 Å². The van der Waals surface area contributed by atoms with Crippen molar-refractivity contribution in [2.45, 2.75) is 26.3 Å². The molecule has 1 amide bonds. The van der Waals surface area contributed by atoms with E-state index in [0.29, 0.717) is 5.82 Å². The molecule has 23 heavy (non-hydrogen) atoms. The zero-order valence-electron chi connectivity index (χ0n) is 13.2. The molecule has 1 unspecified atom stereocenters. The number of hydrogen-bond donors (Lipinski definition) is 1. The highest BCUT2D eigenvalue weighted by molar-refractivity contribution is 7.90. The molecular formula is C15H19N3O4S. The molecule has 8 heteroatoms. The Morgan fingerprint density at radius 2 is 2.13 bits per heavy atom. The molecule has 0 aliphatic carbocycles. The van der Waals surface area contributed by atoms with Crippen LogP contribution in [-0.2, 0) is 14.6 Å². The van der Waals surface area contributed by atoms with E-state index in [2.05, 4.69) is 15.5 Å². The average Bonchev–Trinajstić information content (AvgIpc) is 2.94. The van der Waals surface area contributed by atoms with E-state index in [1.165, 1.54) is 0 Å². The van der Waals surface area contributed by atoms with Gasteiger partial charge in [0.25, 0.3) is 0 Å². The molecular weight excluding hydrogens is 318 g/mol. The minimum absolute atomic E-state index is 0.0952. The Kier molecular flexibility index (Phi) is 5.15. The summed E-state index contributed by atoms with van der Waals surface area (Å²) in [6, 6.07) is 7.18. The number of carbonyl (C=O) groups excluding carboxylic acids is 1. The third-order valence-corrected chi connectivity index (χ3v) is 4.11. The summed E-state index contributed by atoms with van der Waals surface area (Å²) in [6.07, 6.45) is 0.998. The molecule has 7 nitrogen and oxygen atoms in total. The highest BCUT2D eigenvalue weighted by Crippen LogP contribution is 2.19. The molecule has 0 saturated carbocycles. The van der Waals surface area contributed by atoms with Crippen molar-refractivity contribution in [2.75, 3.05) is 12.0 Å². The number of amides is 1. The Labute approximate surface area is 135 Å². The van der Waals surface area contributed by atoms with Gasteiger partial charge in [0.15, 0.2) is 0 Å². The zero-order valence-corrected chi connectivity index (χ0v) is 14.1. The summed E-state index contributed by atoms with van der Waals surface area (Å²) in [7, 11) is -3.17. The summed E-state index contributed by atoms with van der Waals surface area (Å²) < 4.78 is 27.3. The Hall–Kier alpha value is -2.22. The topological polar surface area (TPSA) is 102 Å². The molecule has 2 rings (SSSR count). The van der Waals surface area contributed by atoms with Gasteiger partial charge in [0.05, 0.1) is 5.75 Å². The highest BCUT2D eigenvalue weighted by atomic mass is 32.2. The van der Waals surface area contributed by atoms with Crippen molar-refractivity contribution in [3.63, 3.8) is 0 Å². The third kappa shape index (κ3) is 5.17. The molecule has 1 atom stereocenters. The van der Waals surface area contributed by atoms with Gasteiger partial charge in [0.2, 0.25) is 17.6 Å². The first-order valence-electron chi connectivity index (χ1n) is 7.12. The molecule has 0 aliphatic rings. The maximum absolute atomic E-state index is 11.7. The van der Waals surface area contributed by atoms with Crippen molar-refractivity contribution in [1.82, 2.24) is 15.5 Å². The largest absolute Gasteiger partial charge is 0.345 e. The number of aromatic nitrogens is 2. The first-order chi connectivity index (χ1) is 10.7. The highest BCUT2D eigenvalue weighted by Gasteiger charge is 2.18. The van der Waals surface area contributed by atoms with Crippen LogP contribution in [0.3, 0.4) is 0 Å². The number of aryl methyl sites for hydroxylation is 1. The number of nitrogens with zero attached hydrogens (tertiary/aromatic N) is 2. The van der Waals surface area contributed by atoms with E-state index in [4.69, 9.17) is 4.52 Å². The molecule has 0 radical (unpaired) electrons. The van der Waals surface area contributed by atoms with Crippen LogP contribution in [-0.4, -0.2) is 36.5 Å². The van der Waals surface area contributed by atoms with Gasteiger partial charge < -0.3 is 9.84 Å². The monoisotopic (exact) mass is 337 g/mol. The van der Waals surface area contributed by atoms with E-state index >= 15 is 0 Å². The van der Waals surface area contributed by atoms with Crippen LogP contribution >= 0.6 is 0 Å². The molecule has 1 heterocycles. The van der Waals surface area contributed by atoms with E-state index in [0.717, 1.165) is 17.4 Å². The van der Waals surface area contributed by atoms with Crippen LogP contribution in [0.25, 0.3) is 11.4 Å². The summed E-state index contributed by atoms with van der Waals surface area (Å²) in [6.45, 7) is 3.67. The minimum atomic E-state index is -3.17. The lowest BCUT2D eigenvalue weighted by Crippen LogP contribution is -2.28. The summed E-state index contributed by atoms with van der Waals surface area (Å²) in [5, 5.41) is 6.55.